The molecule has 0 spiro atoms. The van der Waals surface area contributed by atoms with Crippen molar-refractivity contribution in [2.24, 2.45) is 0 Å². The zero-order valence-corrected chi connectivity index (χ0v) is 9.42. The Bertz CT molecular complexity index is 336. The van der Waals surface area contributed by atoms with Gasteiger partial charge in [-0.05, 0) is 0 Å². The van der Waals surface area contributed by atoms with Crippen LogP contribution < -0.4 is 0 Å². The van der Waals surface area contributed by atoms with Gasteiger partial charge in [-0.15, -0.1) is 0 Å². The third-order valence-electron chi connectivity index (χ3n) is 2.40. The molecule has 8 heteroatoms. The summed E-state index contributed by atoms with van der Waals surface area (Å²) in [5.41, 5.74) is 0. The minimum Gasteiger partial charge on any atom is -0.480 e. The maximum Gasteiger partial charge on any atom is 0.410 e. The van der Waals surface area contributed by atoms with Gasteiger partial charge in [0, 0.05) is 6.42 Å². The van der Waals surface area contributed by atoms with E-state index >= 15 is 0 Å². The van der Waals surface area contributed by atoms with Crippen LogP contribution in [0.2, 0.25) is 0 Å². The molecule has 0 aliphatic carbocycles. The van der Waals surface area contributed by atoms with Crippen LogP contribution in [0.15, 0.2) is 12.7 Å². The second-order valence-corrected chi connectivity index (χ2v) is 3.63. The quantitative estimate of drug-likeness (QED) is 0.753. The minimum atomic E-state index is -3.01. The number of hydrogen-bond acceptors (Lipinski definition) is 4. The lowest BCUT2D eigenvalue weighted by Gasteiger charge is -2.20. The molecule has 1 saturated heterocycles. The number of carbonyl (C=O) groups is 2. The molecule has 0 aromatic carbocycles. The molecule has 1 N–H and O–H groups in total. The van der Waals surface area contributed by atoms with Crippen LogP contribution in [0.4, 0.5) is 13.6 Å². The van der Waals surface area contributed by atoms with Gasteiger partial charge in [-0.1, -0.05) is 12.7 Å². The summed E-state index contributed by atoms with van der Waals surface area (Å²) in [5.74, 6) is -1.29. The summed E-state index contributed by atoms with van der Waals surface area (Å²) in [6.07, 6.45) is -0.773. The number of rotatable bonds is 5. The van der Waals surface area contributed by atoms with Gasteiger partial charge in [0.05, 0.1) is 12.6 Å². The number of likely N-dealkylation sites (tertiary alicyclic amines) is 1. The first-order valence-electron chi connectivity index (χ1n) is 5.16. The van der Waals surface area contributed by atoms with Gasteiger partial charge in [-0.25, -0.2) is 9.59 Å². The highest BCUT2D eigenvalue weighted by Crippen LogP contribution is 2.23. The summed E-state index contributed by atoms with van der Waals surface area (Å²) in [5, 5.41) is 8.90. The number of amides is 1. The predicted octanol–water partition coefficient (Wildman–Crippen LogP) is 1.08. The van der Waals surface area contributed by atoms with Crippen LogP contribution in [0, 0.1) is 0 Å². The lowest BCUT2D eigenvalue weighted by atomic mass is 10.2. The Hall–Kier alpha value is -1.70. The highest BCUT2D eigenvalue weighted by molar-refractivity contribution is 5.80. The number of carboxylic acid groups (broad SMARTS) is 1. The molecule has 0 radical (unpaired) electrons. The van der Waals surface area contributed by atoms with Crippen LogP contribution >= 0.6 is 0 Å². The van der Waals surface area contributed by atoms with E-state index < -0.39 is 30.8 Å². The Morgan fingerprint density at radius 1 is 1.56 bits per heavy atom. The van der Waals surface area contributed by atoms with Crippen LogP contribution in [0.1, 0.15) is 6.42 Å². The van der Waals surface area contributed by atoms with Crippen molar-refractivity contribution in [1.29, 1.82) is 0 Å². The first-order chi connectivity index (χ1) is 8.45. The number of carbonyl (C=O) groups excluding carboxylic acids is 1. The van der Waals surface area contributed by atoms with Gasteiger partial charge in [0.1, 0.15) is 12.6 Å². The summed E-state index contributed by atoms with van der Waals surface area (Å²) in [6, 6.07) is -1.22. The maximum atomic E-state index is 12.0. The van der Waals surface area contributed by atoms with Crippen molar-refractivity contribution >= 4 is 12.1 Å². The van der Waals surface area contributed by atoms with Gasteiger partial charge < -0.3 is 14.6 Å². The molecule has 1 aliphatic heterocycles. The SMILES string of the molecule is C=CCOC(=O)N1C[C@H](OC(F)F)C[C@@H]1C(=O)O. The van der Waals surface area contributed by atoms with E-state index in [4.69, 9.17) is 5.11 Å². The van der Waals surface area contributed by atoms with E-state index in [-0.39, 0.29) is 19.6 Å². The highest BCUT2D eigenvalue weighted by Gasteiger charge is 2.42. The van der Waals surface area contributed by atoms with Gasteiger partial charge in [0.25, 0.3) is 0 Å². The number of nitrogens with zero attached hydrogens (tertiary/aromatic N) is 1. The van der Waals surface area contributed by atoms with E-state index in [1.807, 2.05) is 0 Å². The van der Waals surface area contributed by atoms with Crippen LogP contribution in [0.25, 0.3) is 0 Å². The number of hydrogen-bond donors (Lipinski definition) is 1. The van der Waals surface area contributed by atoms with Crippen LogP contribution in [0.3, 0.4) is 0 Å². The second kappa shape index (κ2) is 6.29. The van der Waals surface area contributed by atoms with Gasteiger partial charge in [-0.2, -0.15) is 8.78 Å². The summed E-state index contributed by atoms with van der Waals surface area (Å²) in [4.78, 5) is 23.3. The Labute approximate surface area is 102 Å². The van der Waals surface area contributed by atoms with Crippen molar-refractivity contribution in [3.63, 3.8) is 0 Å². The normalized spacial score (nSPS) is 23.2. The van der Waals surface area contributed by atoms with E-state index in [2.05, 4.69) is 16.1 Å². The molecule has 0 aromatic rings. The van der Waals surface area contributed by atoms with E-state index in [9.17, 15) is 18.4 Å². The molecule has 1 fully saturated rings. The monoisotopic (exact) mass is 265 g/mol. The zero-order valence-electron chi connectivity index (χ0n) is 9.42. The van der Waals surface area contributed by atoms with E-state index in [0.29, 0.717) is 0 Å². The molecule has 0 aromatic heterocycles. The number of alkyl halides is 2. The second-order valence-electron chi connectivity index (χ2n) is 3.63. The van der Waals surface area contributed by atoms with E-state index in [1.165, 1.54) is 6.08 Å². The lowest BCUT2D eigenvalue weighted by molar-refractivity contribution is -0.159. The fourth-order valence-electron chi connectivity index (χ4n) is 1.69. The summed E-state index contributed by atoms with van der Waals surface area (Å²) in [7, 11) is 0. The number of halogens is 2. The third-order valence-corrected chi connectivity index (χ3v) is 2.40. The Morgan fingerprint density at radius 2 is 2.22 bits per heavy atom. The number of carboxylic acids is 1. The van der Waals surface area contributed by atoms with Crippen LogP contribution in [-0.2, 0) is 14.3 Å². The van der Waals surface area contributed by atoms with Crippen LogP contribution in [-0.4, -0.2) is 54.0 Å². The molecule has 2 atom stereocenters. The fraction of sp³-hybridized carbons (Fsp3) is 0.600. The molecule has 1 amide bonds. The molecule has 6 nitrogen and oxygen atoms in total. The van der Waals surface area contributed by atoms with Crippen molar-refractivity contribution < 1.29 is 33.0 Å². The van der Waals surface area contributed by atoms with Crippen molar-refractivity contribution in [3.8, 4) is 0 Å². The Balaban J connectivity index is 2.65. The van der Waals surface area contributed by atoms with Gasteiger partial charge in [-0.3, -0.25) is 4.90 Å². The molecule has 1 rings (SSSR count). The molecule has 102 valence electrons. The van der Waals surface area contributed by atoms with Crippen LogP contribution in [0.5, 0.6) is 0 Å². The largest absolute Gasteiger partial charge is 0.480 e. The van der Waals surface area contributed by atoms with Gasteiger partial charge in [0.15, 0.2) is 0 Å². The van der Waals surface area contributed by atoms with Crippen molar-refractivity contribution in [1.82, 2.24) is 4.90 Å². The minimum absolute atomic E-state index is 0.0813. The fourth-order valence-corrected chi connectivity index (χ4v) is 1.69. The average molecular weight is 265 g/mol. The topological polar surface area (TPSA) is 76.1 Å². The lowest BCUT2D eigenvalue weighted by Crippen LogP contribution is -2.41. The van der Waals surface area contributed by atoms with Gasteiger partial charge >= 0.3 is 18.7 Å². The maximum absolute atomic E-state index is 12.0. The first-order valence-corrected chi connectivity index (χ1v) is 5.16. The molecule has 1 heterocycles. The first kappa shape index (κ1) is 14.4. The molecule has 1 aliphatic rings. The van der Waals surface area contributed by atoms with E-state index in [1.54, 1.807) is 0 Å². The highest BCUT2D eigenvalue weighted by atomic mass is 19.3. The summed E-state index contributed by atoms with van der Waals surface area (Å²) < 4.78 is 32.9. The summed E-state index contributed by atoms with van der Waals surface area (Å²) in [6.45, 7) is 0.00574. The molecule has 0 saturated carbocycles. The van der Waals surface area contributed by atoms with Gasteiger partial charge in [0.2, 0.25) is 0 Å². The standard InChI is InChI=1S/C10H13F2NO5/c1-2-3-17-10(16)13-5-6(18-9(11)12)4-7(13)8(14)15/h2,6-7,9H,1,3-5H2,(H,14,15)/t6-,7-/m1/s1. The Morgan fingerprint density at radius 3 is 2.72 bits per heavy atom. The Kier molecular flexibility index (Phi) is 5.02. The zero-order chi connectivity index (χ0) is 13.7. The predicted molar refractivity (Wildman–Crippen MR) is 55.2 cm³/mol. The average Bonchev–Trinajstić information content (AvgIpc) is 2.69. The molecule has 0 unspecified atom stereocenters. The molecule has 18 heavy (non-hydrogen) atoms. The van der Waals surface area contributed by atoms with Crippen molar-refractivity contribution in [3.05, 3.63) is 12.7 Å². The number of aliphatic carboxylic acids is 1. The van der Waals surface area contributed by atoms with Crippen molar-refractivity contribution in [2.75, 3.05) is 13.2 Å². The van der Waals surface area contributed by atoms with Crippen molar-refractivity contribution in [2.45, 2.75) is 25.2 Å². The molecular weight excluding hydrogens is 252 g/mol. The summed E-state index contributed by atoms with van der Waals surface area (Å²) >= 11 is 0. The smallest absolute Gasteiger partial charge is 0.410 e. The van der Waals surface area contributed by atoms with E-state index in [0.717, 1.165) is 4.90 Å². The molecular formula is C10H13F2NO5. The molecule has 0 bridgehead atoms. The number of ether oxygens (including phenoxy) is 2. The third kappa shape index (κ3) is 3.66.